The van der Waals surface area contributed by atoms with Crippen molar-refractivity contribution in [1.29, 1.82) is 0 Å². The fraction of sp³-hybridized carbons (Fsp3) is 0.409. The molecular weight excluding hydrogens is 862 g/mol. The second-order valence-corrected chi connectivity index (χ2v) is 20.3. The summed E-state index contributed by atoms with van der Waals surface area (Å²) in [4.78, 5) is 49.5. The molecular formula is C44H51BrFN10O4P. The van der Waals surface area contributed by atoms with Crippen molar-refractivity contribution >= 4 is 80.1 Å². The predicted molar refractivity (Wildman–Crippen MR) is 241 cm³/mol. The molecule has 17 heteroatoms. The Kier molecular flexibility index (Phi) is 12.7. The molecule has 3 aromatic carbocycles. The van der Waals surface area contributed by atoms with Crippen LogP contribution >= 0.6 is 23.1 Å². The fourth-order valence-corrected chi connectivity index (χ4v) is 10.5. The number of piperidine rings is 2. The predicted octanol–water partition coefficient (Wildman–Crippen LogP) is 6.93. The van der Waals surface area contributed by atoms with Crippen molar-refractivity contribution in [2.24, 2.45) is 0 Å². The highest BCUT2D eigenvalue weighted by Crippen LogP contribution is 2.42. The van der Waals surface area contributed by atoms with Crippen LogP contribution in [0.25, 0.3) is 11.0 Å². The number of benzene rings is 3. The average Bonchev–Trinajstić information content (AvgIpc) is 3.25. The third-order valence-corrected chi connectivity index (χ3v) is 14.1. The van der Waals surface area contributed by atoms with E-state index in [1.54, 1.807) is 51.2 Å². The lowest BCUT2D eigenvalue weighted by molar-refractivity contribution is -0.134. The monoisotopic (exact) mass is 912 g/mol. The van der Waals surface area contributed by atoms with Gasteiger partial charge in [-0.3, -0.25) is 34.7 Å². The Balaban J connectivity index is 0.885. The summed E-state index contributed by atoms with van der Waals surface area (Å²) < 4.78 is 35.2. The van der Waals surface area contributed by atoms with Crippen molar-refractivity contribution in [3.8, 4) is 5.75 Å². The molecule has 5 aromatic rings. The first-order valence-corrected chi connectivity index (χ1v) is 24.2. The van der Waals surface area contributed by atoms with Gasteiger partial charge in [0.15, 0.2) is 0 Å². The maximum absolute atomic E-state index is 15.2. The number of anilines is 5. The van der Waals surface area contributed by atoms with E-state index < -0.39 is 19.0 Å². The molecule has 320 valence electrons. The molecule has 14 nitrogen and oxygen atoms in total. The lowest BCUT2D eigenvalue weighted by atomic mass is 9.89. The first-order valence-electron chi connectivity index (χ1n) is 20.8. The molecule has 0 saturated carbocycles. The average molecular weight is 914 g/mol. The number of amides is 2. The Hall–Kier alpha value is -5.02. The van der Waals surface area contributed by atoms with Crippen molar-refractivity contribution in [2.45, 2.75) is 57.5 Å². The number of nitrogens with one attached hydrogen (secondary N) is 3. The van der Waals surface area contributed by atoms with E-state index in [-0.39, 0.29) is 18.1 Å². The van der Waals surface area contributed by atoms with Crippen LogP contribution in [0.5, 0.6) is 5.75 Å². The van der Waals surface area contributed by atoms with Gasteiger partial charge in [-0.1, -0.05) is 19.1 Å². The third-order valence-electron chi connectivity index (χ3n) is 12.0. The van der Waals surface area contributed by atoms with E-state index in [4.69, 9.17) is 9.72 Å². The topological polar surface area (TPSA) is 158 Å². The standard InChI is InChI=1S/C44H51BrFN10O4P/c1-5-28-23-36(51-44-49-25-32(45)42(53-44)50-35-10-9-34-40(48-15-14-47-34)41(35)61(3,4)59)38(60-2)24-37(28)56-16-12-29(13-17-56)55-20-18-54(19-21-55)26-27-6-7-30(33(46)22-27)31-8-11-39(57)52-43(31)58/h6-7,9-10,14-15,22-25,29,31H,5,8,11-13,16-21,26H2,1-4H3,(H,52,57,58)(H2,49,50,51,53). The maximum atomic E-state index is 15.2. The fourth-order valence-electron chi connectivity index (χ4n) is 8.85. The van der Waals surface area contributed by atoms with Crippen LogP contribution in [0.1, 0.15) is 55.2 Å². The number of nitrogens with zero attached hydrogens (tertiary/aromatic N) is 7. The smallest absolute Gasteiger partial charge is 0.234 e. The van der Waals surface area contributed by atoms with Gasteiger partial charge in [0.2, 0.25) is 17.8 Å². The van der Waals surface area contributed by atoms with Crippen LogP contribution in [0.2, 0.25) is 0 Å². The number of methoxy groups -OCH3 is 1. The zero-order chi connectivity index (χ0) is 42.8. The minimum absolute atomic E-state index is 0.226. The maximum Gasteiger partial charge on any atom is 0.234 e. The van der Waals surface area contributed by atoms with Crippen molar-refractivity contribution in [3.05, 3.63) is 88.0 Å². The van der Waals surface area contributed by atoms with Gasteiger partial charge in [0, 0.05) is 94.2 Å². The zero-order valence-electron chi connectivity index (χ0n) is 34.9. The van der Waals surface area contributed by atoms with Crippen LogP contribution < -0.4 is 30.9 Å². The molecule has 2 aromatic heterocycles. The number of fused-ring (bicyclic) bond motifs is 1. The molecule has 8 rings (SSSR count). The number of aromatic nitrogens is 4. The molecule has 3 aliphatic heterocycles. The van der Waals surface area contributed by atoms with E-state index >= 15 is 4.39 Å². The van der Waals surface area contributed by atoms with Crippen LogP contribution in [-0.2, 0) is 27.1 Å². The van der Waals surface area contributed by atoms with E-state index in [2.05, 4.69) is 80.6 Å². The van der Waals surface area contributed by atoms with Crippen molar-refractivity contribution in [3.63, 3.8) is 0 Å². The summed E-state index contributed by atoms with van der Waals surface area (Å²) in [6.45, 7) is 11.8. The molecule has 0 spiro atoms. The first kappa shape index (κ1) is 42.7. The van der Waals surface area contributed by atoms with Gasteiger partial charge in [-0.15, -0.1) is 0 Å². The number of hydrogen-bond donors (Lipinski definition) is 3. The van der Waals surface area contributed by atoms with Gasteiger partial charge in [-0.2, -0.15) is 4.98 Å². The van der Waals surface area contributed by atoms with Gasteiger partial charge >= 0.3 is 0 Å². The number of ether oxygens (including phenoxy) is 1. The quantitative estimate of drug-likeness (QED) is 0.0875. The molecule has 0 aliphatic carbocycles. The Morgan fingerprint density at radius 3 is 2.41 bits per heavy atom. The molecule has 3 N–H and O–H groups in total. The van der Waals surface area contributed by atoms with Gasteiger partial charge in [-0.05, 0) is 90.3 Å². The third kappa shape index (κ3) is 9.42. The molecule has 0 bridgehead atoms. The number of imide groups is 1. The van der Waals surface area contributed by atoms with Crippen LogP contribution in [-0.4, -0.2) is 107 Å². The minimum Gasteiger partial charge on any atom is -0.494 e. The van der Waals surface area contributed by atoms with Gasteiger partial charge in [0.25, 0.3) is 0 Å². The second-order valence-electron chi connectivity index (χ2n) is 16.3. The normalized spacial score (nSPS) is 18.3. The Labute approximate surface area is 363 Å². The summed E-state index contributed by atoms with van der Waals surface area (Å²) in [7, 11) is -1.11. The van der Waals surface area contributed by atoms with Gasteiger partial charge < -0.3 is 24.8 Å². The lowest BCUT2D eigenvalue weighted by Crippen LogP contribution is -2.53. The molecule has 1 unspecified atom stereocenters. The first-order chi connectivity index (χ1) is 29.4. The van der Waals surface area contributed by atoms with E-state index in [1.165, 1.54) is 11.3 Å². The molecule has 61 heavy (non-hydrogen) atoms. The number of carbonyl (C=O) groups excluding carboxylic acids is 2. The number of rotatable bonds is 12. The van der Waals surface area contributed by atoms with Crippen molar-refractivity contribution in [1.82, 2.24) is 35.1 Å². The van der Waals surface area contributed by atoms with Crippen molar-refractivity contribution < 1.29 is 23.3 Å². The second kappa shape index (κ2) is 18.1. The van der Waals surface area contributed by atoms with Crippen LogP contribution in [0.15, 0.2) is 65.5 Å². The van der Waals surface area contributed by atoms with Crippen LogP contribution in [0, 0.1) is 5.82 Å². The number of hydrogen-bond acceptors (Lipinski definition) is 13. The van der Waals surface area contributed by atoms with E-state index in [9.17, 15) is 14.2 Å². The zero-order valence-corrected chi connectivity index (χ0v) is 37.4. The minimum atomic E-state index is -2.78. The number of carbonyl (C=O) groups is 2. The van der Waals surface area contributed by atoms with Gasteiger partial charge in [0.1, 0.15) is 30.0 Å². The van der Waals surface area contributed by atoms with E-state index in [1.807, 2.05) is 18.2 Å². The molecule has 5 heterocycles. The van der Waals surface area contributed by atoms with Crippen molar-refractivity contribution in [2.75, 3.05) is 75.2 Å². The Morgan fingerprint density at radius 1 is 0.934 bits per heavy atom. The van der Waals surface area contributed by atoms with E-state index in [0.29, 0.717) is 68.6 Å². The lowest BCUT2D eigenvalue weighted by Gasteiger charge is -2.43. The molecule has 3 fully saturated rings. The number of piperazine rings is 1. The highest BCUT2D eigenvalue weighted by Gasteiger charge is 2.32. The molecule has 0 radical (unpaired) electrons. The van der Waals surface area contributed by atoms with E-state index in [0.717, 1.165) is 69.8 Å². The van der Waals surface area contributed by atoms with Crippen LogP contribution in [0.4, 0.5) is 33.2 Å². The highest BCUT2D eigenvalue weighted by molar-refractivity contribution is 9.10. The van der Waals surface area contributed by atoms with Gasteiger partial charge in [0.05, 0.1) is 39.7 Å². The summed E-state index contributed by atoms with van der Waals surface area (Å²) in [6, 6.07) is 13.6. The Bertz CT molecular complexity index is 2510. The number of aryl methyl sites for hydroxylation is 1. The SMILES string of the molecule is CCc1cc(Nc2ncc(Br)c(Nc3ccc4nccnc4c3P(C)(C)=O)n2)c(OC)cc1N1CCC(N2CCN(Cc3ccc(C4CCC(=O)NC4=O)c(F)c3)CC2)CC1. The molecule has 3 saturated heterocycles. The molecule has 1 atom stereocenters. The summed E-state index contributed by atoms with van der Waals surface area (Å²) in [6.07, 6.45) is 8.40. The number of halogens is 2. The highest BCUT2D eigenvalue weighted by atomic mass is 79.9. The van der Waals surface area contributed by atoms with Crippen LogP contribution in [0.3, 0.4) is 0 Å². The summed E-state index contributed by atoms with van der Waals surface area (Å²) in [5.41, 5.74) is 6.26. The van der Waals surface area contributed by atoms with Gasteiger partial charge in [-0.25, -0.2) is 9.37 Å². The Morgan fingerprint density at radius 2 is 1.70 bits per heavy atom. The largest absolute Gasteiger partial charge is 0.494 e. The summed E-state index contributed by atoms with van der Waals surface area (Å²) >= 11 is 3.59. The summed E-state index contributed by atoms with van der Waals surface area (Å²) in [5.74, 6) is -0.179. The summed E-state index contributed by atoms with van der Waals surface area (Å²) in [5, 5.41) is 9.70. The molecule has 3 aliphatic rings. The molecule has 2 amide bonds.